The van der Waals surface area contributed by atoms with E-state index < -0.39 is 0 Å². The van der Waals surface area contributed by atoms with E-state index >= 15 is 0 Å². The first kappa shape index (κ1) is 19.3. The molecule has 0 saturated heterocycles. The lowest BCUT2D eigenvalue weighted by Gasteiger charge is -2.09. The molecule has 0 radical (unpaired) electrons. The van der Waals surface area contributed by atoms with Crippen LogP contribution in [-0.4, -0.2) is 29.0 Å². The van der Waals surface area contributed by atoms with Crippen molar-refractivity contribution in [3.8, 4) is 17.2 Å². The summed E-state index contributed by atoms with van der Waals surface area (Å²) in [5, 5.41) is 11.7. The van der Waals surface area contributed by atoms with Crippen LogP contribution in [-0.2, 0) is 4.79 Å². The van der Waals surface area contributed by atoms with Gasteiger partial charge in [0.05, 0.1) is 18.6 Å². The molecule has 0 spiro atoms. The predicted molar refractivity (Wildman–Crippen MR) is 107 cm³/mol. The largest absolute Gasteiger partial charge is 0.495 e. The quantitative estimate of drug-likeness (QED) is 0.598. The molecule has 0 atom stereocenters. The van der Waals surface area contributed by atoms with Gasteiger partial charge in [0.2, 0.25) is 11.8 Å². The van der Waals surface area contributed by atoms with E-state index in [0.29, 0.717) is 27.6 Å². The molecule has 0 aliphatic rings. The molecular formula is C19H18ClN3O3S. The molecule has 0 aliphatic carbocycles. The molecule has 0 bridgehead atoms. The molecule has 0 unspecified atom stereocenters. The predicted octanol–water partition coefficient (Wildman–Crippen LogP) is 4.75. The number of aromatic nitrogens is 2. The van der Waals surface area contributed by atoms with E-state index in [4.69, 9.17) is 20.8 Å². The normalized spacial score (nSPS) is 10.7. The minimum absolute atomic E-state index is 0.115. The van der Waals surface area contributed by atoms with Crippen LogP contribution in [0.5, 0.6) is 5.75 Å². The fourth-order valence-corrected chi connectivity index (χ4v) is 3.31. The third kappa shape index (κ3) is 5.02. The number of anilines is 1. The molecule has 6 nitrogen and oxygen atoms in total. The van der Waals surface area contributed by atoms with Crippen LogP contribution in [0.1, 0.15) is 11.1 Å². The molecule has 2 aromatic carbocycles. The van der Waals surface area contributed by atoms with Gasteiger partial charge in [-0.3, -0.25) is 4.79 Å². The van der Waals surface area contributed by atoms with Crippen molar-refractivity contribution in [2.24, 2.45) is 0 Å². The Morgan fingerprint density at radius 3 is 2.63 bits per heavy atom. The third-order valence-corrected chi connectivity index (χ3v) is 4.69. The van der Waals surface area contributed by atoms with Crippen molar-refractivity contribution in [3.63, 3.8) is 0 Å². The van der Waals surface area contributed by atoms with Gasteiger partial charge in [0.1, 0.15) is 5.75 Å². The minimum Gasteiger partial charge on any atom is -0.495 e. The summed E-state index contributed by atoms with van der Waals surface area (Å²) in [5.41, 5.74) is 3.61. The SMILES string of the molecule is COc1ccc(Cl)cc1NC(=O)CSc1nnc(-c2cc(C)cc(C)c2)o1. The molecule has 1 aromatic heterocycles. The number of ether oxygens (including phenoxy) is 1. The van der Waals surface area contributed by atoms with Crippen LogP contribution in [0.3, 0.4) is 0 Å². The second kappa shape index (κ2) is 8.45. The third-order valence-electron chi connectivity index (χ3n) is 3.64. The van der Waals surface area contributed by atoms with E-state index in [1.165, 1.54) is 7.11 Å². The second-order valence-corrected chi connectivity index (χ2v) is 7.29. The van der Waals surface area contributed by atoms with Gasteiger partial charge in [0.15, 0.2) is 0 Å². The van der Waals surface area contributed by atoms with Crippen molar-refractivity contribution in [2.75, 3.05) is 18.2 Å². The minimum atomic E-state index is -0.230. The Kier molecular flexibility index (Phi) is 6.03. The Morgan fingerprint density at radius 2 is 1.93 bits per heavy atom. The zero-order valence-corrected chi connectivity index (χ0v) is 16.6. The van der Waals surface area contributed by atoms with Crippen molar-refractivity contribution < 1.29 is 13.9 Å². The number of carbonyl (C=O) groups excluding carboxylic acids is 1. The maximum atomic E-state index is 12.2. The topological polar surface area (TPSA) is 77.2 Å². The second-order valence-electron chi connectivity index (χ2n) is 5.93. The van der Waals surface area contributed by atoms with E-state index in [9.17, 15) is 4.79 Å². The number of aryl methyl sites for hydroxylation is 2. The Morgan fingerprint density at radius 1 is 1.19 bits per heavy atom. The van der Waals surface area contributed by atoms with Gasteiger partial charge in [-0.15, -0.1) is 10.2 Å². The molecule has 3 aromatic rings. The lowest BCUT2D eigenvalue weighted by atomic mass is 10.1. The summed E-state index contributed by atoms with van der Waals surface area (Å²) in [6, 6.07) is 11.1. The van der Waals surface area contributed by atoms with Crippen LogP contribution < -0.4 is 10.1 Å². The van der Waals surface area contributed by atoms with Crippen LogP contribution in [0.2, 0.25) is 5.02 Å². The van der Waals surface area contributed by atoms with E-state index in [1.54, 1.807) is 18.2 Å². The number of hydrogen-bond acceptors (Lipinski definition) is 6. The fourth-order valence-electron chi connectivity index (χ4n) is 2.57. The van der Waals surface area contributed by atoms with Crippen LogP contribution in [0.4, 0.5) is 5.69 Å². The first-order valence-electron chi connectivity index (χ1n) is 8.13. The molecule has 3 rings (SSSR count). The van der Waals surface area contributed by atoms with Gasteiger partial charge in [-0.2, -0.15) is 0 Å². The standard InChI is InChI=1S/C19H18ClN3O3S/c1-11-6-12(2)8-13(7-11)18-22-23-19(26-18)27-10-17(24)21-15-9-14(20)4-5-16(15)25-3/h4-9H,10H2,1-3H3,(H,21,24). The number of nitrogens with zero attached hydrogens (tertiary/aromatic N) is 2. The average Bonchev–Trinajstić information content (AvgIpc) is 3.08. The number of halogens is 1. The number of hydrogen-bond donors (Lipinski definition) is 1. The van der Waals surface area contributed by atoms with Crippen LogP contribution in [0, 0.1) is 13.8 Å². The van der Waals surface area contributed by atoms with Crippen molar-refractivity contribution in [3.05, 3.63) is 52.5 Å². The first-order valence-corrected chi connectivity index (χ1v) is 9.49. The maximum absolute atomic E-state index is 12.2. The smallest absolute Gasteiger partial charge is 0.277 e. The van der Waals surface area contributed by atoms with Crippen molar-refractivity contribution in [1.82, 2.24) is 10.2 Å². The summed E-state index contributed by atoms with van der Waals surface area (Å²) in [6.07, 6.45) is 0. The molecule has 1 amide bonds. The Hall–Kier alpha value is -2.51. The fraction of sp³-hybridized carbons (Fsp3) is 0.211. The lowest BCUT2D eigenvalue weighted by molar-refractivity contribution is -0.113. The molecule has 27 heavy (non-hydrogen) atoms. The van der Waals surface area contributed by atoms with E-state index in [-0.39, 0.29) is 11.7 Å². The highest BCUT2D eigenvalue weighted by atomic mass is 35.5. The van der Waals surface area contributed by atoms with Gasteiger partial charge in [-0.05, 0) is 44.2 Å². The van der Waals surface area contributed by atoms with Gasteiger partial charge in [0.25, 0.3) is 5.22 Å². The number of rotatable bonds is 6. The summed E-state index contributed by atoms with van der Waals surface area (Å²) in [4.78, 5) is 12.2. The monoisotopic (exact) mass is 403 g/mol. The number of amides is 1. The molecule has 1 heterocycles. The Balaban J connectivity index is 1.63. The Bertz CT molecular complexity index is 954. The van der Waals surface area contributed by atoms with Gasteiger partial charge in [0, 0.05) is 10.6 Å². The molecule has 1 N–H and O–H groups in total. The molecular weight excluding hydrogens is 386 g/mol. The van der Waals surface area contributed by atoms with E-state index in [0.717, 1.165) is 28.5 Å². The highest BCUT2D eigenvalue weighted by Gasteiger charge is 2.13. The van der Waals surface area contributed by atoms with Crippen LogP contribution in [0.15, 0.2) is 46.0 Å². The number of methoxy groups -OCH3 is 1. The summed E-state index contributed by atoms with van der Waals surface area (Å²) >= 11 is 7.13. The molecule has 0 fully saturated rings. The van der Waals surface area contributed by atoms with Crippen molar-refractivity contribution in [1.29, 1.82) is 0 Å². The maximum Gasteiger partial charge on any atom is 0.277 e. The van der Waals surface area contributed by atoms with Crippen LogP contribution in [0.25, 0.3) is 11.5 Å². The summed E-state index contributed by atoms with van der Waals surface area (Å²) < 4.78 is 10.9. The average molecular weight is 404 g/mol. The van der Waals surface area contributed by atoms with Gasteiger partial charge >= 0.3 is 0 Å². The first-order chi connectivity index (χ1) is 12.9. The van der Waals surface area contributed by atoms with Crippen molar-refractivity contribution in [2.45, 2.75) is 19.1 Å². The summed E-state index contributed by atoms with van der Waals surface area (Å²) in [7, 11) is 1.53. The molecule has 0 aliphatic heterocycles. The summed E-state index contributed by atoms with van der Waals surface area (Å²) in [5.74, 6) is 0.852. The van der Waals surface area contributed by atoms with Gasteiger partial charge < -0.3 is 14.5 Å². The molecule has 0 saturated carbocycles. The van der Waals surface area contributed by atoms with Crippen LogP contribution >= 0.6 is 23.4 Å². The van der Waals surface area contributed by atoms with Gasteiger partial charge in [-0.1, -0.05) is 40.6 Å². The highest BCUT2D eigenvalue weighted by Crippen LogP contribution is 2.28. The number of thioether (sulfide) groups is 1. The zero-order valence-electron chi connectivity index (χ0n) is 15.1. The number of carbonyl (C=O) groups is 1. The molecule has 8 heteroatoms. The summed E-state index contributed by atoms with van der Waals surface area (Å²) in [6.45, 7) is 4.02. The highest BCUT2D eigenvalue weighted by molar-refractivity contribution is 7.99. The van der Waals surface area contributed by atoms with E-state index in [2.05, 4.69) is 21.6 Å². The Labute approximate surface area is 166 Å². The molecule has 140 valence electrons. The number of nitrogens with one attached hydrogen (secondary N) is 1. The number of benzene rings is 2. The van der Waals surface area contributed by atoms with Gasteiger partial charge in [-0.25, -0.2) is 0 Å². The lowest BCUT2D eigenvalue weighted by Crippen LogP contribution is -2.14. The van der Waals surface area contributed by atoms with Crippen molar-refractivity contribution >= 4 is 35.0 Å². The van der Waals surface area contributed by atoms with E-state index in [1.807, 2.05) is 26.0 Å². The zero-order chi connectivity index (χ0) is 19.4.